The van der Waals surface area contributed by atoms with E-state index in [1.165, 1.54) is 4.90 Å². The van der Waals surface area contributed by atoms with E-state index in [1.807, 2.05) is 117 Å². The summed E-state index contributed by atoms with van der Waals surface area (Å²) in [6.07, 6.45) is 0. The Morgan fingerprint density at radius 3 is 2.21 bits per heavy atom. The van der Waals surface area contributed by atoms with Gasteiger partial charge in [0.2, 0.25) is 0 Å². The summed E-state index contributed by atoms with van der Waals surface area (Å²) in [5, 5.41) is 1.86. The van der Waals surface area contributed by atoms with Gasteiger partial charge in [0, 0.05) is 19.0 Å². The second-order valence-electron chi connectivity index (χ2n) is 8.81. The van der Waals surface area contributed by atoms with Crippen LogP contribution in [-0.4, -0.2) is 23.8 Å². The van der Waals surface area contributed by atoms with Crippen LogP contribution in [0.25, 0.3) is 16.3 Å². The van der Waals surface area contributed by atoms with Gasteiger partial charge < -0.3 is 4.90 Å². The molecule has 4 nitrogen and oxygen atoms in total. The van der Waals surface area contributed by atoms with Gasteiger partial charge in [-0.3, -0.25) is 9.59 Å². The first-order valence-corrected chi connectivity index (χ1v) is 11.4. The maximum atomic E-state index is 13.9. The quantitative estimate of drug-likeness (QED) is 0.360. The van der Waals surface area contributed by atoms with Crippen molar-refractivity contribution in [2.24, 2.45) is 0 Å². The summed E-state index contributed by atoms with van der Waals surface area (Å²) in [6, 6.07) is 29.5. The van der Waals surface area contributed by atoms with E-state index in [-0.39, 0.29) is 11.8 Å². The molecule has 0 aromatic heterocycles. The van der Waals surface area contributed by atoms with Gasteiger partial charge in [0.1, 0.15) is 5.70 Å². The number of aryl methyl sites for hydroxylation is 2. The summed E-state index contributed by atoms with van der Waals surface area (Å²) < 4.78 is 0. The third-order valence-electron chi connectivity index (χ3n) is 6.51. The molecule has 0 aliphatic carbocycles. The molecule has 4 heteroatoms. The van der Waals surface area contributed by atoms with Gasteiger partial charge in [-0.15, -0.1) is 0 Å². The number of hydrogen-bond donors (Lipinski definition) is 0. The molecule has 0 saturated carbocycles. The number of benzene rings is 4. The lowest BCUT2D eigenvalue weighted by molar-refractivity contribution is -0.120. The zero-order valence-corrected chi connectivity index (χ0v) is 19.6. The van der Waals surface area contributed by atoms with Crippen LogP contribution in [-0.2, 0) is 16.1 Å². The minimum Gasteiger partial charge on any atom is -0.365 e. The van der Waals surface area contributed by atoms with Gasteiger partial charge in [-0.1, -0.05) is 84.9 Å². The van der Waals surface area contributed by atoms with Crippen molar-refractivity contribution >= 4 is 33.8 Å². The monoisotopic (exact) mass is 446 g/mol. The van der Waals surface area contributed by atoms with Crippen LogP contribution in [0.2, 0.25) is 0 Å². The van der Waals surface area contributed by atoms with Gasteiger partial charge in [-0.2, -0.15) is 0 Å². The standard InChI is InChI=1S/C30H26N2O2/c1-20-16-17-24(18-21(20)2)27-28(31(3)19-22-10-5-4-6-11-22)30(34)32(29(27)33)26-15-9-13-23-12-7-8-14-25(23)26/h4-18H,19H2,1-3H3. The molecule has 34 heavy (non-hydrogen) atoms. The average Bonchev–Trinajstić information content (AvgIpc) is 3.11. The average molecular weight is 447 g/mol. The molecular weight excluding hydrogens is 420 g/mol. The fraction of sp³-hybridized carbons (Fsp3) is 0.133. The highest BCUT2D eigenvalue weighted by Crippen LogP contribution is 2.38. The number of nitrogens with zero attached hydrogens (tertiary/aromatic N) is 2. The Balaban J connectivity index is 1.66. The summed E-state index contributed by atoms with van der Waals surface area (Å²) in [6.45, 7) is 4.59. The van der Waals surface area contributed by atoms with Crippen LogP contribution in [0.5, 0.6) is 0 Å². The van der Waals surface area contributed by atoms with Crippen LogP contribution in [0.3, 0.4) is 0 Å². The molecule has 0 unspecified atom stereocenters. The summed E-state index contributed by atoms with van der Waals surface area (Å²) >= 11 is 0. The Bertz CT molecular complexity index is 1450. The highest BCUT2D eigenvalue weighted by Gasteiger charge is 2.42. The van der Waals surface area contributed by atoms with Gasteiger partial charge in [0.25, 0.3) is 11.8 Å². The molecule has 4 aromatic rings. The van der Waals surface area contributed by atoms with Crippen LogP contribution in [0, 0.1) is 13.8 Å². The van der Waals surface area contributed by atoms with Crippen molar-refractivity contribution in [1.82, 2.24) is 4.90 Å². The van der Waals surface area contributed by atoms with E-state index in [0.29, 0.717) is 23.5 Å². The van der Waals surface area contributed by atoms with Crippen molar-refractivity contribution in [2.45, 2.75) is 20.4 Å². The molecule has 0 saturated heterocycles. The second-order valence-corrected chi connectivity index (χ2v) is 8.81. The first-order chi connectivity index (χ1) is 16.5. The topological polar surface area (TPSA) is 40.6 Å². The Morgan fingerprint density at radius 2 is 1.44 bits per heavy atom. The lowest BCUT2D eigenvalue weighted by atomic mass is 9.99. The number of anilines is 1. The van der Waals surface area contributed by atoms with Crippen LogP contribution in [0.1, 0.15) is 22.3 Å². The van der Waals surface area contributed by atoms with Crippen molar-refractivity contribution in [3.63, 3.8) is 0 Å². The molecule has 4 aromatic carbocycles. The fourth-order valence-corrected chi connectivity index (χ4v) is 4.59. The molecule has 0 fully saturated rings. The zero-order chi connectivity index (χ0) is 23.8. The first-order valence-electron chi connectivity index (χ1n) is 11.4. The molecule has 168 valence electrons. The Labute approximate surface area is 199 Å². The van der Waals surface area contributed by atoms with Gasteiger partial charge in [-0.05, 0) is 47.6 Å². The van der Waals surface area contributed by atoms with Gasteiger partial charge in [0.15, 0.2) is 0 Å². The van der Waals surface area contributed by atoms with E-state index in [4.69, 9.17) is 0 Å². The normalized spacial score (nSPS) is 13.8. The number of carbonyl (C=O) groups is 2. The Kier molecular flexibility index (Phi) is 5.50. The minimum absolute atomic E-state index is 0.292. The third-order valence-corrected chi connectivity index (χ3v) is 6.51. The SMILES string of the molecule is Cc1ccc(C2=C(N(C)Cc3ccccc3)C(=O)N(c3cccc4ccccc34)C2=O)cc1C. The summed E-state index contributed by atoms with van der Waals surface area (Å²) in [5.41, 5.74) is 5.53. The lowest BCUT2D eigenvalue weighted by Crippen LogP contribution is -2.34. The molecule has 0 spiro atoms. The van der Waals surface area contributed by atoms with Crippen molar-refractivity contribution < 1.29 is 9.59 Å². The van der Waals surface area contributed by atoms with Gasteiger partial charge >= 0.3 is 0 Å². The number of imide groups is 1. The van der Waals surface area contributed by atoms with Crippen molar-refractivity contribution in [3.05, 3.63) is 119 Å². The second kappa shape index (κ2) is 8.64. The minimum atomic E-state index is -0.298. The number of hydrogen-bond acceptors (Lipinski definition) is 3. The maximum absolute atomic E-state index is 13.9. The van der Waals surface area contributed by atoms with Crippen LogP contribution in [0.15, 0.2) is 96.7 Å². The molecule has 0 radical (unpaired) electrons. The highest BCUT2D eigenvalue weighted by atomic mass is 16.2. The number of likely N-dealkylation sites (N-methyl/N-ethyl adjacent to an activating group) is 1. The van der Waals surface area contributed by atoms with Crippen molar-refractivity contribution in [2.75, 3.05) is 11.9 Å². The molecular formula is C30H26N2O2. The fourth-order valence-electron chi connectivity index (χ4n) is 4.59. The smallest absolute Gasteiger partial charge is 0.282 e. The number of rotatable bonds is 5. The number of fused-ring (bicyclic) bond motifs is 1. The third kappa shape index (κ3) is 3.67. The zero-order valence-electron chi connectivity index (χ0n) is 19.6. The van der Waals surface area contributed by atoms with Gasteiger partial charge in [0.05, 0.1) is 11.3 Å². The Hall–Kier alpha value is -4.18. The van der Waals surface area contributed by atoms with E-state index in [0.717, 1.165) is 33.0 Å². The van der Waals surface area contributed by atoms with Crippen LogP contribution >= 0.6 is 0 Å². The largest absolute Gasteiger partial charge is 0.365 e. The molecule has 5 rings (SSSR count). The Morgan fingerprint density at radius 1 is 0.735 bits per heavy atom. The van der Waals surface area contributed by atoms with Crippen LogP contribution < -0.4 is 4.90 Å². The van der Waals surface area contributed by atoms with Gasteiger partial charge in [-0.25, -0.2) is 4.90 Å². The van der Waals surface area contributed by atoms with Crippen molar-refractivity contribution in [1.29, 1.82) is 0 Å². The molecule has 1 aliphatic rings. The molecule has 1 aliphatic heterocycles. The lowest BCUT2D eigenvalue weighted by Gasteiger charge is -2.22. The molecule has 0 atom stereocenters. The van der Waals surface area contributed by atoms with Crippen LogP contribution in [0.4, 0.5) is 5.69 Å². The first kappa shape index (κ1) is 21.7. The van der Waals surface area contributed by atoms with E-state index in [2.05, 4.69) is 0 Å². The maximum Gasteiger partial charge on any atom is 0.282 e. The summed E-state index contributed by atoms with van der Waals surface area (Å²) in [4.78, 5) is 31.1. The predicted molar refractivity (Wildman–Crippen MR) is 137 cm³/mol. The molecule has 0 N–H and O–H groups in total. The number of amides is 2. The molecule has 1 heterocycles. The van der Waals surface area contributed by atoms with E-state index in [9.17, 15) is 9.59 Å². The van der Waals surface area contributed by atoms with E-state index in [1.54, 1.807) is 0 Å². The highest BCUT2D eigenvalue weighted by molar-refractivity contribution is 6.46. The summed E-state index contributed by atoms with van der Waals surface area (Å²) in [7, 11) is 1.88. The number of carbonyl (C=O) groups excluding carboxylic acids is 2. The van der Waals surface area contributed by atoms with E-state index < -0.39 is 0 Å². The molecule has 2 amide bonds. The van der Waals surface area contributed by atoms with E-state index >= 15 is 0 Å². The predicted octanol–water partition coefficient (Wildman–Crippen LogP) is 5.87. The van der Waals surface area contributed by atoms with Crippen molar-refractivity contribution in [3.8, 4) is 0 Å². The summed E-state index contributed by atoms with van der Waals surface area (Å²) in [5.74, 6) is -0.590. The molecule has 0 bridgehead atoms.